The number of nitrogens with zero attached hydrogens (tertiary/aromatic N) is 3. The van der Waals surface area contributed by atoms with Crippen LogP contribution in [-0.2, 0) is 14.8 Å². The molecule has 3 amide bonds. The highest BCUT2D eigenvalue weighted by Crippen LogP contribution is 2.30. The van der Waals surface area contributed by atoms with E-state index in [9.17, 15) is 23.1 Å². The van der Waals surface area contributed by atoms with E-state index in [2.05, 4.69) is 15.2 Å². The van der Waals surface area contributed by atoms with Crippen molar-refractivity contribution in [3.05, 3.63) is 64.5 Å². The Hall–Kier alpha value is -3.85. The number of likely N-dealkylation sites (N-methyl/N-ethyl adjacent to an activating group) is 1. The number of aliphatic hydroxyl groups excluding tert-OH is 1. The SMILES string of the molecule is Cc1noc(C)c1NC(=O)N(C)C[C@@H]1OCCCC[C@@H](C)Oc2ccc(NS(=O)(=O)c3ccc(Cl)cc3)cc2C(=O)N([C@@H](C)CO)C[C@H]1C. The Balaban J connectivity index is 1.63. The fourth-order valence-corrected chi connectivity index (χ4v) is 6.67. The second-order valence-corrected chi connectivity index (χ2v) is 14.7. The van der Waals surface area contributed by atoms with E-state index in [0.29, 0.717) is 40.9 Å². The van der Waals surface area contributed by atoms with Gasteiger partial charge >= 0.3 is 6.03 Å². The Kier molecular flexibility index (Phi) is 12.9. The Labute approximate surface area is 292 Å². The maximum Gasteiger partial charge on any atom is 0.321 e. The Morgan fingerprint density at radius 1 is 1.16 bits per heavy atom. The van der Waals surface area contributed by atoms with Crippen molar-refractivity contribution in [2.75, 3.05) is 43.4 Å². The number of anilines is 2. The molecular weight excluding hydrogens is 674 g/mol. The maximum atomic E-state index is 14.4. The van der Waals surface area contributed by atoms with Crippen molar-refractivity contribution in [3.63, 3.8) is 0 Å². The number of sulfonamides is 1. The van der Waals surface area contributed by atoms with E-state index >= 15 is 0 Å². The van der Waals surface area contributed by atoms with Crippen LogP contribution < -0.4 is 14.8 Å². The normalized spacial score (nSPS) is 20.0. The van der Waals surface area contributed by atoms with Gasteiger partial charge < -0.3 is 34.2 Å². The number of fused-ring (bicyclic) bond motifs is 1. The van der Waals surface area contributed by atoms with Crippen LogP contribution in [0.2, 0.25) is 5.02 Å². The molecule has 3 aromatic rings. The van der Waals surface area contributed by atoms with E-state index in [4.69, 9.17) is 25.6 Å². The lowest BCUT2D eigenvalue weighted by molar-refractivity contribution is -0.0115. The molecule has 13 nitrogen and oxygen atoms in total. The molecule has 1 aromatic heterocycles. The van der Waals surface area contributed by atoms with Crippen LogP contribution >= 0.6 is 11.6 Å². The molecule has 49 heavy (non-hydrogen) atoms. The quantitative estimate of drug-likeness (QED) is 0.265. The van der Waals surface area contributed by atoms with Crippen LogP contribution in [0.1, 0.15) is 61.8 Å². The molecule has 0 fully saturated rings. The standard InChI is InChI=1S/C34H46ClN5O8S/c1-21-18-40(22(2)20-41)33(42)29-17-27(38-49(44,45)28-13-10-26(35)11-14-28)12-15-30(29)47-23(3)9-7-8-16-46-31(21)19-39(6)34(43)36-32-24(4)37-48-25(32)5/h10-15,17,21-23,31,38,41H,7-9,16,18-20H2,1-6H3,(H,36,43)/t21-,22+,23-,31+/m1/s1. The summed E-state index contributed by atoms with van der Waals surface area (Å²) < 4.78 is 46.7. The van der Waals surface area contributed by atoms with Gasteiger partial charge in [0.05, 0.1) is 35.3 Å². The number of aryl methyl sites for hydroxylation is 2. The molecule has 0 saturated heterocycles. The van der Waals surface area contributed by atoms with Gasteiger partial charge in [-0.15, -0.1) is 0 Å². The van der Waals surface area contributed by atoms with Crippen LogP contribution in [-0.4, -0.2) is 92.0 Å². The first kappa shape index (κ1) is 38.0. The summed E-state index contributed by atoms with van der Waals surface area (Å²) in [5, 5.41) is 17.4. The van der Waals surface area contributed by atoms with Gasteiger partial charge in [0, 0.05) is 43.4 Å². The van der Waals surface area contributed by atoms with E-state index in [1.807, 2.05) is 13.8 Å². The molecule has 0 spiro atoms. The van der Waals surface area contributed by atoms with Gasteiger partial charge in [0.25, 0.3) is 15.9 Å². The van der Waals surface area contributed by atoms with Crippen LogP contribution in [0, 0.1) is 19.8 Å². The molecular formula is C34H46ClN5O8S. The molecule has 0 saturated carbocycles. The Morgan fingerprint density at radius 3 is 2.53 bits per heavy atom. The van der Waals surface area contributed by atoms with E-state index in [0.717, 1.165) is 12.8 Å². The van der Waals surface area contributed by atoms with Crippen LogP contribution in [0.25, 0.3) is 0 Å². The number of benzene rings is 2. The minimum absolute atomic E-state index is 0.00827. The van der Waals surface area contributed by atoms with Crippen LogP contribution in [0.15, 0.2) is 51.9 Å². The third kappa shape index (κ3) is 9.87. The van der Waals surface area contributed by atoms with Gasteiger partial charge in [0.2, 0.25) is 0 Å². The van der Waals surface area contributed by atoms with E-state index in [1.165, 1.54) is 40.1 Å². The molecule has 15 heteroatoms. The second-order valence-electron chi connectivity index (χ2n) is 12.6. The van der Waals surface area contributed by atoms with Crippen molar-refractivity contribution in [2.45, 2.75) is 77.0 Å². The molecule has 1 aliphatic rings. The molecule has 268 valence electrons. The smallest absolute Gasteiger partial charge is 0.321 e. The van der Waals surface area contributed by atoms with Crippen molar-refractivity contribution in [2.24, 2.45) is 5.92 Å². The Morgan fingerprint density at radius 2 is 1.88 bits per heavy atom. The number of amides is 3. The third-order valence-corrected chi connectivity index (χ3v) is 10.1. The fourth-order valence-electron chi connectivity index (χ4n) is 5.49. The number of urea groups is 1. The zero-order valence-corrected chi connectivity index (χ0v) is 30.3. The highest BCUT2D eigenvalue weighted by molar-refractivity contribution is 7.92. The predicted molar refractivity (Wildman–Crippen MR) is 187 cm³/mol. The number of halogens is 1. The third-order valence-electron chi connectivity index (χ3n) is 8.49. The predicted octanol–water partition coefficient (Wildman–Crippen LogP) is 5.71. The maximum absolute atomic E-state index is 14.4. The number of hydrogen-bond acceptors (Lipinski definition) is 9. The monoisotopic (exact) mass is 719 g/mol. The number of rotatable bonds is 8. The molecule has 3 N–H and O–H groups in total. The number of nitrogens with one attached hydrogen (secondary N) is 2. The summed E-state index contributed by atoms with van der Waals surface area (Å²) in [7, 11) is -2.34. The summed E-state index contributed by atoms with van der Waals surface area (Å²) in [5.41, 5.74) is 1.38. The van der Waals surface area contributed by atoms with Crippen molar-refractivity contribution in [1.29, 1.82) is 0 Å². The summed E-state index contributed by atoms with van der Waals surface area (Å²) in [6, 6.07) is 9.35. The molecule has 4 rings (SSSR count). The number of aromatic nitrogens is 1. The number of aliphatic hydroxyl groups is 1. The number of carbonyl (C=O) groups excluding carboxylic acids is 2. The minimum atomic E-state index is -4.00. The van der Waals surface area contributed by atoms with E-state index in [-0.39, 0.29) is 53.9 Å². The summed E-state index contributed by atoms with van der Waals surface area (Å²) in [6.45, 7) is 9.53. The van der Waals surface area contributed by atoms with Gasteiger partial charge in [-0.2, -0.15) is 0 Å². The van der Waals surface area contributed by atoms with Gasteiger partial charge in [-0.25, -0.2) is 13.2 Å². The summed E-state index contributed by atoms with van der Waals surface area (Å²) >= 11 is 5.95. The zero-order valence-electron chi connectivity index (χ0n) is 28.7. The van der Waals surface area contributed by atoms with Crippen LogP contribution in [0.5, 0.6) is 5.75 Å². The average molecular weight is 720 g/mol. The first-order chi connectivity index (χ1) is 23.2. The molecule has 2 heterocycles. The van der Waals surface area contributed by atoms with Gasteiger partial charge in [0.1, 0.15) is 17.1 Å². The van der Waals surface area contributed by atoms with Gasteiger partial charge in [-0.05, 0) is 89.4 Å². The molecule has 0 unspecified atom stereocenters. The number of ether oxygens (including phenoxy) is 2. The molecule has 1 aliphatic heterocycles. The summed E-state index contributed by atoms with van der Waals surface area (Å²) in [5.74, 6) is 0.0530. The lowest BCUT2D eigenvalue weighted by Gasteiger charge is -2.35. The van der Waals surface area contributed by atoms with E-state index < -0.39 is 28.1 Å². The molecule has 0 bridgehead atoms. The topological polar surface area (TPSA) is 164 Å². The summed E-state index contributed by atoms with van der Waals surface area (Å²) in [6.07, 6.45) is 1.50. The van der Waals surface area contributed by atoms with Gasteiger partial charge in [-0.3, -0.25) is 9.52 Å². The highest BCUT2D eigenvalue weighted by atomic mass is 35.5. The first-order valence-electron chi connectivity index (χ1n) is 16.3. The molecule has 2 aromatic carbocycles. The number of carbonyl (C=O) groups is 2. The van der Waals surface area contributed by atoms with Gasteiger partial charge in [0.15, 0.2) is 5.76 Å². The van der Waals surface area contributed by atoms with Crippen molar-refractivity contribution < 1.29 is 37.1 Å². The van der Waals surface area contributed by atoms with Crippen LogP contribution in [0.3, 0.4) is 0 Å². The van der Waals surface area contributed by atoms with Crippen molar-refractivity contribution in [3.8, 4) is 5.75 Å². The molecule has 0 radical (unpaired) electrons. The van der Waals surface area contributed by atoms with Gasteiger partial charge in [-0.1, -0.05) is 23.7 Å². The lowest BCUT2D eigenvalue weighted by atomic mass is 10.0. The van der Waals surface area contributed by atoms with Crippen molar-refractivity contribution >= 4 is 44.9 Å². The zero-order chi connectivity index (χ0) is 35.9. The molecule has 0 aliphatic carbocycles. The van der Waals surface area contributed by atoms with Crippen molar-refractivity contribution in [1.82, 2.24) is 15.0 Å². The Bertz CT molecular complexity index is 1680. The highest BCUT2D eigenvalue weighted by Gasteiger charge is 2.31. The summed E-state index contributed by atoms with van der Waals surface area (Å²) in [4.78, 5) is 30.6. The fraction of sp³-hybridized carbons (Fsp3) is 0.500. The first-order valence-corrected chi connectivity index (χ1v) is 18.1. The second kappa shape index (κ2) is 16.7. The average Bonchev–Trinajstić information content (AvgIpc) is 3.38. The van der Waals surface area contributed by atoms with E-state index in [1.54, 1.807) is 40.0 Å². The number of hydrogen-bond donors (Lipinski definition) is 3. The minimum Gasteiger partial charge on any atom is -0.490 e. The largest absolute Gasteiger partial charge is 0.490 e. The molecule has 4 atom stereocenters. The lowest BCUT2D eigenvalue weighted by Crippen LogP contribution is -2.48. The van der Waals surface area contributed by atoms with Crippen LogP contribution in [0.4, 0.5) is 16.2 Å².